The van der Waals surface area contributed by atoms with Crippen molar-refractivity contribution in [3.63, 3.8) is 0 Å². The predicted molar refractivity (Wildman–Crippen MR) is 122 cm³/mol. The maximum absolute atomic E-state index is 6.05. The van der Waals surface area contributed by atoms with E-state index in [4.69, 9.17) is 15.7 Å². The molecule has 6 rings (SSSR count). The minimum Gasteiger partial charge on any atom is -0.355 e. The van der Waals surface area contributed by atoms with Crippen molar-refractivity contribution in [1.29, 1.82) is 0 Å². The van der Waals surface area contributed by atoms with E-state index in [1.165, 1.54) is 0 Å². The molecule has 31 heavy (non-hydrogen) atoms. The molecule has 5 heterocycles. The van der Waals surface area contributed by atoms with E-state index in [9.17, 15) is 0 Å². The summed E-state index contributed by atoms with van der Waals surface area (Å²) in [5.41, 5.74) is 11.4. The first-order valence-corrected chi connectivity index (χ1v) is 10.5. The topological polar surface area (TPSA) is 112 Å². The first-order valence-electron chi connectivity index (χ1n) is 10.5. The lowest BCUT2D eigenvalue weighted by molar-refractivity contribution is 0.498. The van der Waals surface area contributed by atoms with Crippen LogP contribution in [-0.4, -0.2) is 49.3 Å². The molecule has 8 nitrogen and oxygen atoms in total. The number of hydrogen-bond acceptors (Lipinski definition) is 6. The van der Waals surface area contributed by atoms with E-state index in [0.717, 1.165) is 76.3 Å². The number of rotatable bonds is 3. The first-order chi connectivity index (χ1) is 15.2. The van der Waals surface area contributed by atoms with Crippen LogP contribution in [0.2, 0.25) is 0 Å². The Hall–Kier alpha value is -3.78. The quantitative estimate of drug-likeness (QED) is 0.420. The van der Waals surface area contributed by atoms with Gasteiger partial charge in [-0.1, -0.05) is 6.07 Å². The molecule has 154 valence electrons. The minimum atomic E-state index is 0.278. The number of nitrogens with two attached hydrogens (primary N) is 1. The van der Waals surface area contributed by atoms with Gasteiger partial charge in [-0.05, 0) is 43.2 Å². The van der Waals surface area contributed by atoms with Crippen molar-refractivity contribution in [2.75, 3.05) is 18.0 Å². The summed E-state index contributed by atoms with van der Waals surface area (Å²) in [7, 11) is 0. The number of fused-ring (bicyclic) bond motifs is 2. The average Bonchev–Trinajstić information content (AvgIpc) is 3.45. The molecule has 4 aromatic heterocycles. The number of H-pyrrole nitrogens is 2. The fourth-order valence-corrected chi connectivity index (χ4v) is 4.21. The van der Waals surface area contributed by atoms with E-state index >= 15 is 0 Å². The summed E-state index contributed by atoms with van der Waals surface area (Å²) in [6.07, 6.45) is 7.43. The van der Waals surface area contributed by atoms with Crippen LogP contribution in [0.3, 0.4) is 0 Å². The van der Waals surface area contributed by atoms with Crippen LogP contribution < -0.4 is 10.6 Å². The van der Waals surface area contributed by atoms with Gasteiger partial charge >= 0.3 is 0 Å². The maximum Gasteiger partial charge on any atom is 0.147 e. The van der Waals surface area contributed by atoms with E-state index in [-0.39, 0.29) is 6.04 Å². The van der Waals surface area contributed by atoms with Crippen LogP contribution >= 0.6 is 0 Å². The lowest BCUT2D eigenvalue weighted by Gasteiger charge is -2.30. The van der Waals surface area contributed by atoms with Gasteiger partial charge in [-0.15, -0.1) is 0 Å². The van der Waals surface area contributed by atoms with E-state index in [2.05, 4.69) is 43.3 Å². The monoisotopic (exact) mass is 410 g/mol. The van der Waals surface area contributed by atoms with Gasteiger partial charge in [-0.25, -0.2) is 9.97 Å². The number of benzene rings is 1. The van der Waals surface area contributed by atoms with Gasteiger partial charge in [-0.2, -0.15) is 5.10 Å². The summed E-state index contributed by atoms with van der Waals surface area (Å²) in [6, 6.07) is 12.6. The molecule has 0 atom stereocenters. The summed E-state index contributed by atoms with van der Waals surface area (Å²) in [5, 5.41) is 9.76. The van der Waals surface area contributed by atoms with Crippen LogP contribution in [0.1, 0.15) is 12.8 Å². The van der Waals surface area contributed by atoms with Gasteiger partial charge in [0.25, 0.3) is 0 Å². The molecule has 0 bridgehead atoms. The van der Waals surface area contributed by atoms with Gasteiger partial charge < -0.3 is 15.6 Å². The largest absolute Gasteiger partial charge is 0.355 e. The Balaban J connectivity index is 1.39. The van der Waals surface area contributed by atoms with Crippen LogP contribution in [0.25, 0.3) is 44.6 Å². The summed E-state index contributed by atoms with van der Waals surface area (Å²) in [4.78, 5) is 19.5. The van der Waals surface area contributed by atoms with Crippen molar-refractivity contribution < 1.29 is 0 Å². The standard InChI is InChI=1S/C23H22N8/c24-16-6-9-31(10-7-16)21-13-25-12-20(27-21)22-17-11-15(2-4-19(17)29-30-22)18-3-1-14-5-8-26-23(14)28-18/h1-5,8,11-13,16H,6-7,9-10,24H2,(H,26,28)(H,29,30). The Bertz CT molecular complexity index is 1380. The van der Waals surface area contributed by atoms with Crippen LogP contribution in [-0.2, 0) is 0 Å². The third-order valence-corrected chi connectivity index (χ3v) is 6.00. The molecule has 1 aromatic carbocycles. The second-order valence-corrected chi connectivity index (χ2v) is 8.03. The van der Waals surface area contributed by atoms with Crippen molar-refractivity contribution >= 4 is 27.8 Å². The fourth-order valence-electron chi connectivity index (χ4n) is 4.21. The predicted octanol–water partition coefficient (Wildman–Crippen LogP) is 3.49. The summed E-state index contributed by atoms with van der Waals surface area (Å²) in [6.45, 7) is 1.80. The molecule has 0 aliphatic carbocycles. The molecule has 0 saturated carbocycles. The van der Waals surface area contributed by atoms with E-state index in [1.54, 1.807) is 6.20 Å². The zero-order chi connectivity index (χ0) is 20.8. The van der Waals surface area contributed by atoms with Crippen molar-refractivity contribution in [3.05, 3.63) is 55.0 Å². The van der Waals surface area contributed by atoms with Crippen LogP contribution in [0.5, 0.6) is 0 Å². The molecule has 1 aliphatic rings. The summed E-state index contributed by atoms with van der Waals surface area (Å²) < 4.78 is 0. The van der Waals surface area contributed by atoms with Gasteiger partial charge in [0.1, 0.15) is 22.9 Å². The molecule has 5 aromatic rings. The molecular weight excluding hydrogens is 388 g/mol. The average molecular weight is 410 g/mol. The number of anilines is 1. The molecule has 1 fully saturated rings. The third kappa shape index (κ3) is 3.21. The normalized spacial score (nSPS) is 15.2. The Morgan fingerprint density at radius 3 is 2.77 bits per heavy atom. The van der Waals surface area contributed by atoms with Crippen LogP contribution in [0.15, 0.2) is 55.0 Å². The summed E-state index contributed by atoms with van der Waals surface area (Å²) in [5.74, 6) is 0.871. The second-order valence-electron chi connectivity index (χ2n) is 8.03. The molecule has 0 unspecified atom stereocenters. The zero-order valence-electron chi connectivity index (χ0n) is 16.9. The highest BCUT2D eigenvalue weighted by Gasteiger charge is 2.19. The number of nitrogens with one attached hydrogen (secondary N) is 2. The number of nitrogens with zero attached hydrogens (tertiary/aromatic N) is 5. The molecule has 8 heteroatoms. The lowest BCUT2D eigenvalue weighted by atomic mass is 10.1. The number of piperidine rings is 1. The maximum atomic E-state index is 6.05. The highest BCUT2D eigenvalue weighted by molar-refractivity contribution is 5.95. The first kappa shape index (κ1) is 18.0. The Morgan fingerprint density at radius 1 is 0.968 bits per heavy atom. The van der Waals surface area contributed by atoms with Crippen LogP contribution in [0.4, 0.5) is 5.82 Å². The number of aromatic nitrogens is 6. The highest BCUT2D eigenvalue weighted by Crippen LogP contribution is 2.30. The van der Waals surface area contributed by atoms with Gasteiger partial charge in [0, 0.05) is 41.7 Å². The molecule has 0 amide bonds. The molecule has 0 radical (unpaired) electrons. The smallest absolute Gasteiger partial charge is 0.147 e. The van der Waals surface area contributed by atoms with Crippen molar-refractivity contribution in [1.82, 2.24) is 30.1 Å². The van der Waals surface area contributed by atoms with Gasteiger partial charge in [0.05, 0.1) is 23.6 Å². The highest BCUT2D eigenvalue weighted by atomic mass is 15.2. The minimum absolute atomic E-state index is 0.278. The fraction of sp³-hybridized carbons (Fsp3) is 0.217. The van der Waals surface area contributed by atoms with E-state index < -0.39 is 0 Å². The van der Waals surface area contributed by atoms with Crippen molar-refractivity contribution in [2.24, 2.45) is 5.73 Å². The number of aromatic amines is 2. The third-order valence-electron chi connectivity index (χ3n) is 6.00. The van der Waals surface area contributed by atoms with E-state index in [1.807, 2.05) is 30.6 Å². The van der Waals surface area contributed by atoms with Crippen molar-refractivity contribution in [2.45, 2.75) is 18.9 Å². The van der Waals surface area contributed by atoms with Gasteiger partial charge in [0.15, 0.2) is 0 Å². The van der Waals surface area contributed by atoms with Gasteiger partial charge in [-0.3, -0.25) is 10.1 Å². The van der Waals surface area contributed by atoms with Crippen molar-refractivity contribution in [3.8, 4) is 22.6 Å². The zero-order valence-corrected chi connectivity index (χ0v) is 16.9. The molecule has 1 saturated heterocycles. The number of hydrogen-bond donors (Lipinski definition) is 3. The second kappa shape index (κ2) is 7.17. The Labute approximate surface area is 178 Å². The number of pyridine rings is 1. The lowest BCUT2D eigenvalue weighted by Crippen LogP contribution is -2.40. The molecule has 4 N–H and O–H groups in total. The van der Waals surface area contributed by atoms with Crippen LogP contribution in [0, 0.1) is 0 Å². The molecule has 1 aliphatic heterocycles. The summed E-state index contributed by atoms with van der Waals surface area (Å²) >= 11 is 0. The molecule has 0 spiro atoms. The van der Waals surface area contributed by atoms with E-state index in [0.29, 0.717) is 0 Å². The Morgan fingerprint density at radius 2 is 1.87 bits per heavy atom. The van der Waals surface area contributed by atoms with Gasteiger partial charge in [0.2, 0.25) is 0 Å². The Kier molecular flexibility index (Phi) is 4.17. The molecular formula is C23H22N8. The SMILES string of the molecule is NC1CCN(c2cncc(-c3n[nH]c4ccc(-c5ccc6cc[nH]c6n5)cc34)n2)CC1.